The number of carbonyl (C=O) groups excluding carboxylic acids is 2. The Kier molecular flexibility index (Phi) is 3.52. The van der Waals surface area contributed by atoms with Crippen molar-refractivity contribution in [3.05, 3.63) is 55.8 Å². The van der Waals surface area contributed by atoms with Crippen LogP contribution in [0.4, 0.5) is 19.0 Å². The average molecular weight is 402 g/mol. The molecule has 0 aliphatic carbocycles. The number of hydrogen-bond donors (Lipinski definition) is 2. The van der Waals surface area contributed by atoms with E-state index in [0.29, 0.717) is 4.57 Å². The highest BCUT2D eigenvalue weighted by atomic mass is 79.9. The van der Waals surface area contributed by atoms with Gasteiger partial charge in [-0.3, -0.25) is 24.3 Å². The van der Waals surface area contributed by atoms with E-state index >= 15 is 0 Å². The molecule has 2 amide bonds. The molecule has 3 N–H and O–H groups in total. The van der Waals surface area contributed by atoms with Gasteiger partial charge >= 0.3 is 6.18 Å². The highest BCUT2D eigenvalue weighted by Gasteiger charge is 2.37. The molecule has 0 saturated heterocycles. The van der Waals surface area contributed by atoms with E-state index in [1.807, 2.05) is 5.32 Å². The van der Waals surface area contributed by atoms with Crippen molar-refractivity contribution in [2.45, 2.75) is 6.18 Å². The smallest absolute Gasteiger partial charge is 0.384 e. The van der Waals surface area contributed by atoms with E-state index in [2.05, 4.69) is 15.9 Å². The second kappa shape index (κ2) is 5.20. The van der Waals surface area contributed by atoms with Gasteiger partial charge in [0, 0.05) is 10.5 Å². The molecule has 0 saturated carbocycles. The summed E-state index contributed by atoms with van der Waals surface area (Å²) in [5.74, 6) is -2.23. The minimum Gasteiger partial charge on any atom is -0.384 e. The maximum absolute atomic E-state index is 13.2. The van der Waals surface area contributed by atoms with Crippen LogP contribution in [0, 0.1) is 0 Å². The Morgan fingerprint density at radius 3 is 2.38 bits per heavy atom. The summed E-state index contributed by atoms with van der Waals surface area (Å²) in [6, 6.07) is 3.79. The lowest BCUT2D eigenvalue weighted by Crippen LogP contribution is -2.26. The van der Waals surface area contributed by atoms with E-state index in [-0.39, 0.29) is 15.6 Å². The Morgan fingerprint density at radius 1 is 1.08 bits per heavy atom. The van der Waals surface area contributed by atoms with Crippen molar-refractivity contribution >= 4 is 33.6 Å². The number of rotatable bonds is 1. The van der Waals surface area contributed by atoms with E-state index in [9.17, 15) is 27.6 Å². The minimum atomic E-state index is -4.75. The predicted molar refractivity (Wildman–Crippen MR) is 81.0 cm³/mol. The quantitative estimate of drug-likeness (QED) is 0.715. The van der Waals surface area contributed by atoms with Gasteiger partial charge in [-0.15, -0.1) is 0 Å². The van der Waals surface area contributed by atoms with Crippen molar-refractivity contribution in [1.29, 1.82) is 0 Å². The fourth-order valence-electron chi connectivity index (χ4n) is 2.46. The summed E-state index contributed by atoms with van der Waals surface area (Å²) in [6.45, 7) is 0. The van der Waals surface area contributed by atoms with Gasteiger partial charge in [-0.05, 0) is 18.2 Å². The fourth-order valence-corrected chi connectivity index (χ4v) is 2.81. The summed E-state index contributed by atoms with van der Waals surface area (Å²) in [6.07, 6.45) is -4.75. The lowest BCUT2D eigenvalue weighted by Gasteiger charge is -2.17. The van der Waals surface area contributed by atoms with Gasteiger partial charge in [-0.25, -0.2) is 0 Å². The highest BCUT2D eigenvalue weighted by Crippen LogP contribution is 2.36. The van der Waals surface area contributed by atoms with Crippen molar-refractivity contribution in [2.24, 2.45) is 0 Å². The zero-order valence-electron chi connectivity index (χ0n) is 11.6. The first kappa shape index (κ1) is 16.2. The van der Waals surface area contributed by atoms with Crippen molar-refractivity contribution in [2.75, 3.05) is 5.73 Å². The minimum absolute atomic E-state index is 0.262. The molecule has 0 atom stereocenters. The van der Waals surface area contributed by atoms with Gasteiger partial charge in [0.25, 0.3) is 17.4 Å². The first-order valence-electron chi connectivity index (χ1n) is 6.39. The van der Waals surface area contributed by atoms with Crippen LogP contribution >= 0.6 is 15.9 Å². The molecule has 0 bridgehead atoms. The SMILES string of the molecule is Nc1c2c(cc(=O)n1-c1cc(Br)ccc1C(F)(F)F)C(=O)NC2=O. The Labute approximate surface area is 140 Å². The van der Waals surface area contributed by atoms with Gasteiger partial charge in [0.1, 0.15) is 5.82 Å². The number of imide groups is 1. The van der Waals surface area contributed by atoms with Crippen LogP contribution in [-0.4, -0.2) is 16.4 Å². The van der Waals surface area contributed by atoms with Gasteiger partial charge in [0.05, 0.1) is 22.4 Å². The number of amides is 2. The summed E-state index contributed by atoms with van der Waals surface area (Å²) in [5, 5.41) is 1.94. The molecule has 0 spiro atoms. The number of halogens is 4. The maximum atomic E-state index is 13.2. The summed E-state index contributed by atoms with van der Waals surface area (Å²) < 4.78 is 40.5. The third-order valence-electron chi connectivity index (χ3n) is 3.46. The summed E-state index contributed by atoms with van der Waals surface area (Å²) >= 11 is 3.04. The van der Waals surface area contributed by atoms with Crippen LogP contribution in [-0.2, 0) is 6.18 Å². The van der Waals surface area contributed by atoms with E-state index in [0.717, 1.165) is 24.3 Å². The normalized spacial score (nSPS) is 13.8. The molecular formula is C14H7BrF3N3O3. The standard InChI is InChI=1S/C14H7BrF3N3O3/c15-5-1-2-7(14(16,17)18)8(3-5)21-9(22)4-6-10(11(21)19)13(24)20-12(6)23/h1-4H,19H2,(H,20,23,24). The number of benzene rings is 1. The van der Waals surface area contributed by atoms with Crippen LogP contribution in [0.5, 0.6) is 0 Å². The second-order valence-electron chi connectivity index (χ2n) is 4.93. The molecule has 6 nitrogen and oxygen atoms in total. The molecule has 1 aliphatic heterocycles. The molecule has 1 aromatic heterocycles. The van der Waals surface area contributed by atoms with Crippen LogP contribution in [0.3, 0.4) is 0 Å². The molecule has 2 heterocycles. The number of nitrogens with two attached hydrogens (primary N) is 1. The first-order chi connectivity index (χ1) is 11.1. The molecule has 0 fully saturated rings. The van der Waals surface area contributed by atoms with Crippen LogP contribution in [0.2, 0.25) is 0 Å². The van der Waals surface area contributed by atoms with E-state index in [1.54, 1.807) is 0 Å². The molecule has 1 aromatic carbocycles. The zero-order valence-corrected chi connectivity index (χ0v) is 13.2. The van der Waals surface area contributed by atoms with Crippen LogP contribution in [0.1, 0.15) is 26.3 Å². The number of fused-ring (bicyclic) bond motifs is 1. The Balaban J connectivity index is 2.40. The van der Waals surface area contributed by atoms with Crippen molar-refractivity contribution in [1.82, 2.24) is 9.88 Å². The van der Waals surface area contributed by atoms with Crippen LogP contribution < -0.4 is 16.6 Å². The van der Waals surface area contributed by atoms with Crippen molar-refractivity contribution in [3.8, 4) is 5.69 Å². The number of nitrogens with one attached hydrogen (secondary N) is 1. The Bertz CT molecular complexity index is 966. The fraction of sp³-hybridized carbons (Fsp3) is 0.0714. The Hall–Kier alpha value is -2.62. The van der Waals surface area contributed by atoms with Gasteiger partial charge in [0.15, 0.2) is 0 Å². The van der Waals surface area contributed by atoms with Gasteiger partial charge in [0.2, 0.25) is 0 Å². The number of aromatic nitrogens is 1. The molecule has 124 valence electrons. The monoisotopic (exact) mass is 401 g/mol. The highest BCUT2D eigenvalue weighted by molar-refractivity contribution is 9.10. The Morgan fingerprint density at radius 2 is 1.75 bits per heavy atom. The molecule has 0 unspecified atom stereocenters. The molecule has 3 rings (SSSR count). The van der Waals surface area contributed by atoms with Gasteiger partial charge < -0.3 is 5.73 Å². The number of carbonyl (C=O) groups is 2. The number of anilines is 1. The topological polar surface area (TPSA) is 94.2 Å². The molecule has 0 radical (unpaired) electrons. The van der Waals surface area contributed by atoms with Gasteiger partial charge in [-0.2, -0.15) is 13.2 Å². The summed E-state index contributed by atoms with van der Waals surface area (Å²) in [4.78, 5) is 35.6. The summed E-state index contributed by atoms with van der Waals surface area (Å²) in [7, 11) is 0. The first-order valence-corrected chi connectivity index (χ1v) is 7.19. The maximum Gasteiger partial charge on any atom is 0.418 e. The summed E-state index contributed by atoms with van der Waals surface area (Å²) in [5.41, 5.74) is 2.55. The lowest BCUT2D eigenvalue weighted by atomic mass is 10.1. The van der Waals surface area contributed by atoms with E-state index in [1.165, 1.54) is 0 Å². The van der Waals surface area contributed by atoms with Crippen molar-refractivity contribution in [3.63, 3.8) is 0 Å². The number of nitrogens with zero attached hydrogens (tertiary/aromatic N) is 1. The number of nitrogen functional groups attached to an aromatic ring is 1. The van der Waals surface area contributed by atoms with E-state index < -0.39 is 40.6 Å². The molecule has 24 heavy (non-hydrogen) atoms. The molecule has 1 aliphatic rings. The third-order valence-corrected chi connectivity index (χ3v) is 3.95. The lowest BCUT2D eigenvalue weighted by molar-refractivity contribution is -0.137. The molecular weight excluding hydrogens is 395 g/mol. The molecule has 10 heteroatoms. The number of pyridine rings is 1. The van der Waals surface area contributed by atoms with Crippen LogP contribution in [0.15, 0.2) is 33.5 Å². The van der Waals surface area contributed by atoms with Crippen molar-refractivity contribution < 1.29 is 22.8 Å². The average Bonchev–Trinajstić information content (AvgIpc) is 2.72. The molecule has 2 aromatic rings. The third kappa shape index (κ3) is 2.39. The predicted octanol–water partition coefficient (Wildman–Crippen LogP) is 2.08. The number of alkyl halides is 3. The largest absolute Gasteiger partial charge is 0.418 e. The second-order valence-corrected chi connectivity index (χ2v) is 5.85. The number of hydrogen-bond acceptors (Lipinski definition) is 4. The zero-order chi connectivity index (χ0) is 17.8. The van der Waals surface area contributed by atoms with Gasteiger partial charge in [-0.1, -0.05) is 15.9 Å². The van der Waals surface area contributed by atoms with E-state index in [4.69, 9.17) is 5.73 Å². The van der Waals surface area contributed by atoms with Crippen LogP contribution in [0.25, 0.3) is 5.69 Å².